The molecular weight excluding hydrogens is 256 g/mol. The van der Waals surface area contributed by atoms with Gasteiger partial charge in [-0.05, 0) is 31.8 Å². The van der Waals surface area contributed by atoms with Crippen LogP contribution in [0.4, 0.5) is 0 Å². The average molecular weight is 288 g/mol. The van der Waals surface area contributed by atoms with Crippen LogP contribution in [0.1, 0.15) is 26.2 Å². The van der Waals surface area contributed by atoms with Gasteiger partial charge in [-0.3, -0.25) is 0 Å². The van der Waals surface area contributed by atoms with Crippen molar-refractivity contribution in [1.29, 1.82) is 0 Å². The van der Waals surface area contributed by atoms with Crippen LogP contribution in [0, 0.1) is 5.92 Å². The molecule has 0 amide bonds. The molecule has 20 heavy (non-hydrogen) atoms. The third-order valence-corrected chi connectivity index (χ3v) is 3.64. The average Bonchev–Trinajstić information content (AvgIpc) is 2.93. The molecule has 120 valence electrons. The molecule has 0 bridgehead atoms. The van der Waals surface area contributed by atoms with Gasteiger partial charge >= 0.3 is 0 Å². The van der Waals surface area contributed by atoms with E-state index in [1.54, 1.807) is 0 Å². The second kappa shape index (κ2) is 12.5. The lowest BCUT2D eigenvalue weighted by atomic mass is 10.1. The third-order valence-electron chi connectivity index (χ3n) is 3.64. The zero-order valence-electron chi connectivity index (χ0n) is 13.0. The van der Waals surface area contributed by atoms with E-state index in [1.165, 1.54) is 12.8 Å². The second-order valence-electron chi connectivity index (χ2n) is 5.38. The van der Waals surface area contributed by atoms with Gasteiger partial charge in [0.05, 0.1) is 33.0 Å². The van der Waals surface area contributed by atoms with Crippen LogP contribution in [0.5, 0.6) is 0 Å². The Kier molecular flexibility index (Phi) is 11.2. The van der Waals surface area contributed by atoms with Crippen molar-refractivity contribution < 1.29 is 14.2 Å². The van der Waals surface area contributed by atoms with Crippen molar-refractivity contribution in [2.45, 2.75) is 26.2 Å². The molecule has 1 aliphatic rings. The predicted molar refractivity (Wildman–Crippen MR) is 81.0 cm³/mol. The van der Waals surface area contributed by atoms with Gasteiger partial charge in [-0.1, -0.05) is 13.3 Å². The minimum absolute atomic E-state index is 0.655. The summed E-state index contributed by atoms with van der Waals surface area (Å²) < 4.78 is 16.4. The number of rotatable bonds is 13. The Morgan fingerprint density at radius 2 is 1.65 bits per heavy atom. The van der Waals surface area contributed by atoms with Crippen LogP contribution in [0.15, 0.2) is 0 Å². The summed E-state index contributed by atoms with van der Waals surface area (Å²) in [6.07, 6.45) is 3.54. The molecule has 0 aromatic carbocycles. The quantitative estimate of drug-likeness (QED) is 0.515. The van der Waals surface area contributed by atoms with Gasteiger partial charge < -0.3 is 24.8 Å². The van der Waals surface area contributed by atoms with Gasteiger partial charge in [-0.15, -0.1) is 0 Å². The summed E-state index contributed by atoms with van der Waals surface area (Å²) in [5.41, 5.74) is 5.67. The zero-order valence-corrected chi connectivity index (χ0v) is 13.0. The largest absolute Gasteiger partial charge is 0.379 e. The van der Waals surface area contributed by atoms with Gasteiger partial charge in [0.1, 0.15) is 0 Å². The van der Waals surface area contributed by atoms with Gasteiger partial charge in [-0.25, -0.2) is 0 Å². The number of nitrogens with two attached hydrogens (primary N) is 1. The first-order valence-electron chi connectivity index (χ1n) is 8.02. The maximum absolute atomic E-state index is 5.67. The van der Waals surface area contributed by atoms with Crippen LogP contribution in [-0.2, 0) is 14.2 Å². The first-order valence-corrected chi connectivity index (χ1v) is 8.02. The summed E-state index contributed by atoms with van der Waals surface area (Å²) >= 11 is 0. The van der Waals surface area contributed by atoms with E-state index in [2.05, 4.69) is 11.8 Å². The maximum atomic E-state index is 5.67. The van der Waals surface area contributed by atoms with Gasteiger partial charge in [0.2, 0.25) is 0 Å². The van der Waals surface area contributed by atoms with E-state index >= 15 is 0 Å². The smallest absolute Gasteiger partial charge is 0.0701 e. The lowest BCUT2D eigenvalue weighted by Crippen LogP contribution is -2.27. The van der Waals surface area contributed by atoms with Gasteiger partial charge in [-0.2, -0.15) is 0 Å². The molecule has 0 aliphatic carbocycles. The predicted octanol–water partition coefficient (Wildman–Crippen LogP) is 1.12. The van der Waals surface area contributed by atoms with Crippen molar-refractivity contribution in [3.05, 3.63) is 0 Å². The van der Waals surface area contributed by atoms with Crippen LogP contribution in [-0.4, -0.2) is 70.7 Å². The van der Waals surface area contributed by atoms with Crippen molar-refractivity contribution in [3.8, 4) is 0 Å². The molecule has 1 fully saturated rings. The highest BCUT2D eigenvalue weighted by Crippen LogP contribution is 2.13. The zero-order chi connectivity index (χ0) is 14.5. The summed E-state index contributed by atoms with van der Waals surface area (Å²) in [7, 11) is 0. The van der Waals surface area contributed by atoms with Gasteiger partial charge in [0.15, 0.2) is 0 Å². The summed E-state index contributed by atoms with van der Waals surface area (Å²) in [5, 5.41) is 0. The third kappa shape index (κ3) is 8.87. The van der Waals surface area contributed by atoms with Crippen molar-refractivity contribution in [1.82, 2.24) is 4.90 Å². The highest BCUT2D eigenvalue weighted by molar-refractivity contribution is 4.75. The van der Waals surface area contributed by atoms with Crippen LogP contribution in [0.2, 0.25) is 0 Å². The Morgan fingerprint density at radius 1 is 1.00 bits per heavy atom. The molecule has 1 heterocycles. The van der Waals surface area contributed by atoms with E-state index in [9.17, 15) is 0 Å². The normalized spacial score (nSPS) is 19.8. The minimum Gasteiger partial charge on any atom is -0.379 e. The van der Waals surface area contributed by atoms with E-state index in [0.29, 0.717) is 32.3 Å². The molecule has 1 atom stereocenters. The molecule has 0 saturated carbocycles. The van der Waals surface area contributed by atoms with Crippen LogP contribution < -0.4 is 5.73 Å². The Labute approximate surface area is 123 Å². The van der Waals surface area contributed by atoms with E-state index < -0.39 is 0 Å². The molecule has 1 aliphatic heterocycles. The summed E-state index contributed by atoms with van der Waals surface area (Å²) in [6.45, 7) is 10.6. The fourth-order valence-electron chi connectivity index (χ4n) is 2.29. The SMILES string of the molecule is CCCCOCCOCCOCCN1CCC(CN)C1. The number of unbranched alkanes of at least 4 members (excludes halogenated alkanes) is 1. The van der Waals surface area contributed by atoms with E-state index in [0.717, 1.165) is 45.8 Å². The van der Waals surface area contributed by atoms with E-state index in [4.69, 9.17) is 19.9 Å². The molecular formula is C15H32N2O3. The number of hydrogen-bond acceptors (Lipinski definition) is 5. The van der Waals surface area contributed by atoms with Crippen molar-refractivity contribution >= 4 is 0 Å². The van der Waals surface area contributed by atoms with Crippen molar-refractivity contribution in [3.63, 3.8) is 0 Å². The van der Waals surface area contributed by atoms with Crippen molar-refractivity contribution in [2.75, 3.05) is 65.8 Å². The molecule has 1 saturated heterocycles. The molecule has 5 nitrogen and oxygen atoms in total. The van der Waals surface area contributed by atoms with Crippen molar-refractivity contribution in [2.24, 2.45) is 11.7 Å². The topological polar surface area (TPSA) is 57.0 Å². The standard InChI is InChI=1S/C15H32N2O3/c1-2-3-7-18-9-11-20-12-10-19-8-6-17-5-4-15(13-16)14-17/h15H,2-14,16H2,1H3. The van der Waals surface area contributed by atoms with Gasteiger partial charge in [0, 0.05) is 19.7 Å². The highest BCUT2D eigenvalue weighted by Gasteiger charge is 2.20. The summed E-state index contributed by atoms with van der Waals surface area (Å²) in [5.74, 6) is 0.686. The summed E-state index contributed by atoms with van der Waals surface area (Å²) in [4.78, 5) is 2.43. The Balaban J connectivity index is 1.75. The highest BCUT2D eigenvalue weighted by atomic mass is 16.5. The fourth-order valence-corrected chi connectivity index (χ4v) is 2.29. The van der Waals surface area contributed by atoms with E-state index in [-0.39, 0.29) is 0 Å². The van der Waals surface area contributed by atoms with Gasteiger partial charge in [0.25, 0.3) is 0 Å². The molecule has 0 aromatic heterocycles. The van der Waals surface area contributed by atoms with Crippen LogP contribution in [0.25, 0.3) is 0 Å². The first-order chi connectivity index (χ1) is 9.86. The molecule has 2 N–H and O–H groups in total. The van der Waals surface area contributed by atoms with Crippen LogP contribution >= 0.6 is 0 Å². The molecule has 0 spiro atoms. The molecule has 0 aromatic rings. The lowest BCUT2D eigenvalue weighted by Gasteiger charge is -2.15. The van der Waals surface area contributed by atoms with Crippen LogP contribution in [0.3, 0.4) is 0 Å². The maximum Gasteiger partial charge on any atom is 0.0701 e. The molecule has 1 unspecified atom stereocenters. The number of nitrogens with zero attached hydrogens (tertiary/aromatic N) is 1. The van der Waals surface area contributed by atoms with E-state index in [1.807, 2.05) is 0 Å². The lowest BCUT2D eigenvalue weighted by molar-refractivity contribution is 0.0110. The Morgan fingerprint density at radius 3 is 2.25 bits per heavy atom. The molecule has 1 rings (SSSR count). The monoisotopic (exact) mass is 288 g/mol. The fraction of sp³-hybridized carbons (Fsp3) is 1.00. The Hall–Kier alpha value is -0.200. The first kappa shape index (κ1) is 17.9. The summed E-state index contributed by atoms with van der Waals surface area (Å²) in [6, 6.07) is 0. The molecule has 5 heteroatoms. The number of hydrogen-bond donors (Lipinski definition) is 1. The number of likely N-dealkylation sites (tertiary alicyclic amines) is 1. The molecule has 0 radical (unpaired) electrons. The minimum atomic E-state index is 0.655. The number of ether oxygens (including phenoxy) is 3. The Bertz CT molecular complexity index is 217. The second-order valence-corrected chi connectivity index (χ2v) is 5.38.